The molecule has 0 aliphatic rings. The third-order valence-corrected chi connectivity index (χ3v) is 3.09. The second kappa shape index (κ2) is 6.31. The molecule has 0 aliphatic carbocycles. The van der Waals surface area contributed by atoms with E-state index in [9.17, 15) is 9.59 Å². The zero-order valence-corrected chi connectivity index (χ0v) is 11.1. The zero-order valence-electron chi connectivity index (χ0n) is 11.1. The average Bonchev–Trinajstić information content (AvgIpc) is 2.74. The molecule has 2 aromatic heterocycles. The van der Waals surface area contributed by atoms with E-state index in [4.69, 9.17) is 4.42 Å². The third-order valence-electron chi connectivity index (χ3n) is 3.09. The van der Waals surface area contributed by atoms with Crippen LogP contribution in [0.3, 0.4) is 0 Å². The van der Waals surface area contributed by atoms with Gasteiger partial charge in [0.25, 0.3) is 0 Å². The Morgan fingerprint density at radius 2 is 2.11 bits per heavy atom. The van der Waals surface area contributed by atoms with Gasteiger partial charge in [0.1, 0.15) is 0 Å². The minimum absolute atomic E-state index is 0.237. The molecule has 2 rings (SSSR count). The van der Waals surface area contributed by atoms with E-state index in [2.05, 4.69) is 11.9 Å². The number of pyridine rings is 1. The minimum Gasteiger partial charge on any atom is -0.406 e. The maximum Gasteiger partial charge on any atom is 0.428 e. The number of hydrogen-bond acceptors (Lipinski definition) is 4. The number of oxazole rings is 1. The summed E-state index contributed by atoms with van der Waals surface area (Å²) in [5.41, 5.74) is 0.665. The van der Waals surface area contributed by atoms with Gasteiger partial charge in [0, 0.05) is 12.6 Å². The van der Waals surface area contributed by atoms with E-state index in [-0.39, 0.29) is 5.91 Å². The van der Waals surface area contributed by atoms with Crippen molar-refractivity contribution < 1.29 is 9.21 Å². The molecule has 0 radical (unpaired) electrons. The van der Waals surface area contributed by atoms with Gasteiger partial charge in [-0.05, 0) is 18.6 Å². The van der Waals surface area contributed by atoms with E-state index >= 15 is 0 Å². The van der Waals surface area contributed by atoms with Gasteiger partial charge in [-0.2, -0.15) is 4.57 Å². The summed E-state index contributed by atoms with van der Waals surface area (Å²) >= 11 is 0. The van der Waals surface area contributed by atoms with Gasteiger partial charge in [-0.3, -0.25) is 4.79 Å². The fraction of sp³-hybridized carbons (Fsp3) is 0.500. The quantitative estimate of drug-likeness (QED) is 0.751. The van der Waals surface area contributed by atoms with Gasteiger partial charge in [-0.1, -0.05) is 32.6 Å². The van der Waals surface area contributed by atoms with Crippen LogP contribution < -0.4 is 5.76 Å². The lowest BCUT2D eigenvalue weighted by molar-refractivity contribution is 0.0895. The summed E-state index contributed by atoms with van der Waals surface area (Å²) in [7, 11) is 0. The van der Waals surface area contributed by atoms with Crippen LogP contribution in [-0.2, 0) is 0 Å². The lowest BCUT2D eigenvalue weighted by Gasteiger charge is -2.00. The molecule has 5 nitrogen and oxygen atoms in total. The van der Waals surface area contributed by atoms with E-state index in [0.29, 0.717) is 17.7 Å². The highest BCUT2D eigenvalue weighted by atomic mass is 16.4. The maximum absolute atomic E-state index is 12.0. The highest BCUT2D eigenvalue weighted by Gasteiger charge is 2.16. The van der Waals surface area contributed by atoms with Crippen molar-refractivity contribution in [2.45, 2.75) is 45.4 Å². The molecular weight excluding hydrogens is 244 g/mol. The van der Waals surface area contributed by atoms with E-state index in [0.717, 1.165) is 23.8 Å². The topological polar surface area (TPSA) is 65.1 Å². The van der Waals surface area contributed by atoms with E-state index in [1.54, 1.807) is 18.3 Å². The van der Waals surface area contributed by atoms with Crippen molar-refractivity contribution in [3.8, 4) is 0 Å². The Morgan fingerprint density at radius 3 is 2.89 bits per heavy atom. The summed E-state index contributed by atoms with van der Waals surface area (Å²) in [5, 5.41) is 0. The Hall–Kier alpha value is -1.91. The van der Waals surface area contributed by atoms with Gasteiger partial charge in [0.2, 0.25) is 5.91 Å². The van der Waals surface area contributed by atoms with Gasteiger partial charge in [-0.15, -0.1) is 0 Å². The number of unbranched alkanes of at least 4 members (excludes halogenated alkanes) is 4. The monoisotopic (exact) mass is 262 g/mol. The van der Waals surface area contributed by atoms with Crippen molar-refractivity contribution in [2.24, 2.45) is 0 Å². The molecule has 0 saturated carbocycles. The van der Waals surface area contributed by atoms with Crippen LogP contribution in [0.25, 0.3) is 11.2 Å². The molecule has 0 unspecified atom stereocenters. The predicted octanol–water partition coefficient (Wildman–Crippen LogP) is 2.99. The van der Waals surface area contributed by atoms with Crippen molar-refractivity contribution in [2.75, 3.05) is 0 Å². The Labute approximate surface area is 111 Å². The second-order valence-corrected chi connectivity index (χ2v) is 4.59. The molecule has 2 aromatic rings. The van der Waals surface area contributed by atoms with Crippen LogP contribution in [0.15, 0.2) is 27.5 Å². The highest BCUT2D eigenvalue weighted by Crippen LogP contribution is 2.11. The summed E-state index contributed by atoms with van der Waals surface area (Å²) in [5.74, 6) is -0.883. The van der Waals surface area contributed by atoms with Crippen LogP contribution in [0.2, 0.25) is 0 Å². The molecule has 5 heteroatoms. The zero-order chi connectivity index (χ0) is 13.7. The summed E-state index contributed by atoms with van der Waals surface area (Å²) < 4.78 is 6.03. The Morgan fingerprint density at radius 1 is 1.32 bits per heavy atom. The largest absolute Gasteiger partial charge is 0.428 e. The van der Waals surface area contributed by atoms with E-state index in [1.807, 2.05) is 0 Å². The van der Waals surface area contributed by atoms with Crippen LogP contribution in [0.1, 0.15) is 50.2 Å². The molecule has 0 N–H and O–H groups in total. The van der Waals surface area contributed by atoms with Gasteiger partial charge >= 0.3 is 5.76 Å². The standard InChI is InChI=1S/C14H18N2O3/c1-2-3-4-5-6-9-12(17)16-13-11(19-14(16)18)8-7-10-15-13/h7-8,10H,2-6,9H2,1H3. The molecule has 19 heavy (non-hydrogen) atoms. The van der Waals surface area contributed by atoms with Crippen LogP contribution in [0.4, 0.5) is 0 Å². The number of fused-ring (bicyclic) bond motifs is 1. The summed E-state index contributed by atoms with van der Waals surface area (Å²) in [6.45, 7) is 2.15. The maximum atomic E-state index is 12.0. The average molecular weight is 262 g/mol. The Bertz CT molecular complexity index is 612. The van der Waals surface area contributed by atoms with Crippen molar-refractivity contribution in [1.82, 2.24) is 9.55 Å². The SMILES string of the molecule is CCCCCCCC(=O)n1c(=O)oc2cccnc21. The summed E-state index contributed by atoms with van der Waals surface area (Å²) in [6, 6.07) is 3.31. The number of carbonyl (C=O) groups is 1. The number of rotatable bonds is 6. The first kappa shape index (κ1) is 13.5. The smallest absolute Gasteiger partial charge is 0.406 e. The summed E-state index contributed by atoms with van der Waals surface area (Å²) in [6.07, 6.45) is 7.19. The first-order valence-corrected chi connectivity index (χ1v) is 6.74. The normalized spacial score (nSPS) is 11.0. The van der Waals surface area contributed by atoms with Crippen LogP contribution in [0.5, 0.6) is 0 Å². The minimum atomic E-state index is -0.646. The van der Waals surface area contributed by atoms with Crippen LogP contribution in [0, 0.1) is 0 Å². The molecule has 0 aromatic carbocycles. The lowest BCUT2D eigenvalue weighted by atomic mass is 10.1. The molecule has 102 valence electrons. The van der Waals surface area contributed by atoms with Crippen molar-refractivity contribution in [3.05, 3.63) is 28.9 Å². The molecule has 0 spiro atoms. The molecular formula is C14H18N2O3. The van der Waals surface area contributed by atoms with Gasteiger partial charge in [0.15, 0.2) is 11.2 Å². The van der Waals surface area contributed by atoms with Gasteiger partial charge < -0.3 is 4.42 Å². The number of carbonyl (C=O) groups excluding carboxylic acids is 1. The molecule has 2 heterocycles. The number of aromatic nitrogens is 2. The Balaban J connectivity index is 2.05. The van der Waals surface area contributed by atoms with Gasteiger partial charge in [-0.25, -0.2) is 9.78 Å². The van der Waals surface area contributed by atoms with Crippen molar-refractivity contribution in [3.63, 3.8) is 0 Å². The first-order chi connectivity index (χ1) is 9.24. The van der Waals surface area contributed by atoms with Crippen LogP contribution >= 0.6 is 0 Å². The van der Waals surface area contributed by atoms with Crippen molar-refractivity contribution in [1.29, 1.82) is 0 Å². The molecule has 0 atom stereocenters. The number of hydrogen-bond donors (Lipinski definition) is 0. The molecule has 0 fully saturated rings. The Kier molecular flexibility index (Phi) is 4.49. The molecule has 0 amide bonds. The summed E-state index contributed by atoms with van der Waals surface area (Å²) in [4.78, 5) is 27.7. The highest BCUT2D eigenvalue weighted by molar-refractivity contribution is 5.87. The second-order valence-electron chi connectivity index (χ2n) is 4.59. The van der Waals surface area contributed by atoms with E-state index < -0.39 is 5.76 Å². The van der Waals surface area contributed by atoms with E-state index in [1.165, 1.54) is 12.8 Å². The lowest BCUT2D eigenvalue weighted by Crippen LogP contribution is -2.22. The third kappa shape index (κ3) is 3.10. The number of nitrogens with zero attached hydrogens (tertiary/aromatic N) is 2. The molecule has 0 aliphatic heterocycles. The van der Waals surface area contributed by atoms with Crippen LogP contribution in [-0.4, -0.2) is 15.5 Å². The molecule has 0 saturated heterocycles. The molecule has 0 bridgehead atoms. The predicted molar refractivity (Wildman–Crippen MR) is 72.3 cm³/mol. The van der Waals surface area contributed by atoms with Gasteiger partial charge in [0.05, 0.1) is 0 Å². The fourth-order valence-electron chi connectivity index (χ4n) is 2.07. The van der Waals surface area contributed by atoms with Crippen molar-refractivity contribution >= 4 is 17.1 Å². The first-order valence-electron chi connectivity index (χ1n) is 6.74. The fourth-order valence-corrected chi connectivity index (χ4v) is 2.07.